The average molecular weight is 480 g/mol. The SMILES string of the molecule is O=C(NCC(=O)N(c1cccc(F)c1)C(C(=O)NCC1CCCO1)c1ccccc1)c1ccco1. The minimum absolute atomic E-state index is 0.0454. The Labute approximate surface area is 202 Å². The van der Waals surface area contributed by atoms with Crippen LogP contribution < -0.4 is 15.5 Å². The van der Waals surface area contributed by atoms with Gasteiger partial charge < -0.3 is 19.8 Å². The van der Waals surface area contributed by atoms with Crippen molar-refractivity contribution >= 4 is 23.4 Å². The highest BCUT2D eigenvalue weighted by Crippen LogP contribution is 2.29. The first kappa shape index (κ1) is 24.2. The van der Waals surface area contributed by atoms with Crippen LogP contribution in [0.25, 0.3) is 0 Å². The standard InChI is InChI=1S/C26H26FN3O5/c27-19-9-4-10-20(15-19)30(23(31)17-29-25(32)22-12-6-14-35-22)24(18-7-2-1-3-8-18)26(33)28-16-21-11-5-13-34-21/h1-4,6-10,12,14-15,21,24H,5,11,13,16-17H2,(H,28,33)(H,29,32). The number of nitrogens with one attached hydrogen (secondary N) is 2. The van der Waals surface area contributed by atoms with E-state index in [2.05, 4.69) is 10.6 Å². The first-order valence-electron chi connectivity index (χ1n) is 11.4. The van der Waals surface area contributed by atoms with Crippen LogP contribution in [0.5, 0.6) is 0 Å². The molecule has 2 unspecified atom stereocenters. The number of hydrogen-bond donors (Lipinski definition) is 2. The Kier molecular flexibility index (Phi) is 7.89. The second-order valence-corrected chi connectivity index (χ2v) is 8.10. The zero-order chi connectivity index (χ0) is 24.6. The molecule has 2 heterocycles. The molecule has 2 N–H and O–H groups in total. The van der Waals surface area contributed by atoms with Crippen molar-refractivity contribution in [3.63, 3.8) is 0 Å². The molecule has 9 heteroatoms. The third kappa shape index (κ3) is 6.13. The molecule has 1 saturated heterocycles. The molecule has 1 aromatic heterocycles. The van der Waals surface area contributed by atoms with Gasteiger partial charge in [0.05, 0.1) is 18.9 Å². The van der Waals surface area contributed by atoms with Gasteiger partial charge in [-0.1, -0.05) is 36.4 Å². The van der Waals surface area contributed by atoms with Gasteiger partial charge in [0.2, 0.25) is 11.8 Å². The van der Waals surface area contributed by atoms with Gasteiger partial charge in [0.25, 0.3) is 5.91 Å². The molecule has 3 amide bonds. The Balaban J connectivity index is 1.63. The number of amides is 3. The van der Waals surface area contributed by atoms with Crippen LogP contribution in [0.15, 0.2) is 77.4 Å². The van der Waals surface area contributed by atoms with Gasteiger partial charge in [-0.05, 0) is 48.7 Å². The number of ether oxygens (including phenoxy) is 1. The van der Waals surface area contributed by atoms with Gasteiger partial charge in [-0.15, -0.1) is 0 Å². The van der Waals surface area contributed by atoms with Crippen molar-refractivity contribution in [2.75, 3.05) is 24.6 Å². The van der Waals surface area contributed by atoms with E-state index in [9.17, 15) is 18.8 Å². The topological polar surface area (TPSA) is 101 Å². The van der Waals surface area contributed by atoms with Crippen LogP contribution in [0, 0.1) is 5.82 Å². The predicted octanol–water partition coefficient (Wildman–Crippen LogP) is 3.22. The zero-order valence-corrected chi connectivity index (χ0v) is 19.0. The lowest BCUT2D eigenvalue weighted by molar-refractivity contribution is -0.126. The number of carbonyl (C=O) groups excluding carboxylic acids is 3. The van der Waals surface area contributed by atoms with Gasteiger partial charge >= 0.3 is 0 Å². The molecule has 182 valence electrons. The Morgan fingerprint density at radius 2 is 1.86 bits per heavy atom. The number of nitrogens with zero attached hydrogens (tertiary/aromatic N) is 1. The van der Waals surface area contributed by atoms with Crippen molar-refractivity contribution in [2.45, 2.75) is 25.0 Å². The quantitative estimate of drug-likeness (QED) is 0.491. The van der Waals surface area contributed by atoms with Crippen LogP contribution in [0.3, 0.4) is 0 Å². The number of hydrogen-bond acceptors (Lipinski definition) is 5. The predicted molar refractivity (Wildman–Crippen MR) is 126 cm³/mol. The Morgan fingerprint density at radius 3 is 2.54 bits per heavy atom. The molecule has 0 aliphatic carbocycles. The molecule has 1 aliphatic rings. The summed E-state index contributed by atoms with van der Waals surface area (Å²) in [5.74, 6) is -2.14. The molecule has 0 spiro atoms. The maximum absolute atomic E-state index is 14.2. The summed E-state index contributed by atoms with van der Waals surface area (Å²) in [6.45, 7) is 0.507. The highest BCUT2D eigenvalue weighted by molar-refractivity contribution is 6.04. The number of rotatable bonds is 9. The summed E-state index contributed by atoms with van der Waals surface area (Å²) in [5.41, 5.74) is 0.718. The molecular weight excluding hydrogens is 453 g/mol. The molecule has 3 aromatic rings. The molecule has 4 rings (SSSR count). The maximum Gasteiger partial charge on any atom is 0.287 e. The van der Waals surface area contributed by atoms with Crippen LogP contribution in [0.1, 0.15) is 35.0 Å². The lowest BCUT2D eigenvalue weighted by Crippen LogP contribution is -2.48. The van der Waals surface area contributed by atoms with Crippen LogP contribution in [0.4, 0.5) is 10.1 Å². The molecule has 0 bridgehead atoms. The summed E-state index contributed by atoms with van der Waals surface area (Å²) >= 11 is 0. The summed E-state index contributed by atoms with van der Waals surface area (Å²) in [6, 6.07) is 16.1. The second-order valence-electron chi connectivity index (χ2n) is 8.10. The minimum Gasteiger partial charge on any atom is -0.459 e. The first-order valence-corrected chi connectivity index (χ1v) is 11.4. The van der Waals surface area contributed by atoms with Gasteiger partial charge in [0, 0.05) is 18.8 Å². The highest BCUT2D eigenvalue weighted by Gasteiger charge is 2.33. The lowest BCUT2D eigenvalue weighted by atomic mass is 10.0. The monoisotopic (exact) mass is 479 g/mol. The molecule has 35 heavy (non-hydrogen) atoms. The van der Waals surface area contributed by atoms with Crippen molar-refractivity contribution < 1.29 is 27.9 Å². The molecule has 2 atom stereocenters. The molecule has 0 saturated carbocycles. The number of benzene rings is 2. The van der Waals surface area contributed by atoms with E-state index in [1.165, 1.54) is 35.4 Å². The smallest absolute Gasteiger partial charge is 0.287 e. The van der Waals surface area contributed by atoms with E-state index in [-0.39, 0.29) is 17.6 Å². The number of furan rings is 1. The third-order valence-corrected chi connectivity index (χ3v) is 5.65. The molecule has 0 radical (unpaired) electrons. The van der Waals surface area contributed by atoms with Crippen molar-refractivity contribution in [2.24, 2.45) is 0 Å². The third-order valence-electron chi connectivity index (χ3n) is 5.65. The van der Waals surface area contributed by atoms with E-state index in [1.54, 1.807) is 42.5 Å². The maximum atomic E-state index is 14.2. The highest BCUT2D eigenvalue weighted by atomic mass is 19.1. The molecule has 2 aromatic carbocycles. The Morgan fingerprint density at radius 1 is 1.03 bits per heavy atom. The van der Waals surface area contributed by atoms with E-state index in [0.29, 0.717) is 18.7 Å². The van der Waals surface area contributed by atoms with Gasteiger partial charge in [-0.2, -0.15) is 0 Å². The van der Waals surface area contributed by atoms with Crippen LogP contribution in [-0.2, 0) is 14.3 Å². The summed E-state index contributed by atoms with van der Waals surface area (Å²) in [5, 5.41) is 5.38. The first-order chi connectivity index (χ1) is 17.0. The van der Waals surface area contributed by atoms with Gasteiger partial charge in [-0.3, -0.25) is 19.3 Å². The molecule has 8 nitrogen and oxygen atoms in total. The number of carbonyl (C=O) groups is 3. The van der Waals surface area contributed by atoms with Crippen LogP contribution >= 0.6 is 0 Å². The van der Waals surface area contributed by atoms with E-state index in [1.807, 2.05) is 0 Å². The molecular formula is C26H26FN3O5. The lowest BCUT2D eigenvalue weighted by Gasteiger charge is -2.32. The van der Waals surface area contributed by atoms with E-state index in [0.717, 1.165) is 12.8 Å². The van der Waals surface area contributed by atoms with Gasteiger partial charge in [-0.25, -0.2) is 4.39 Å². The van der Waals surface area contributed by atoms with Crippen molar-refractivity contribution in [1.29, 1.82) is 0 Å². The Bertz CT molecular complexity index is 1150. The minimum atomic E-state index is -1.10. The van der Waals surface area contributed by atoms with Crippen molar-refractivity contribution in [3.8, 4) is 0 Å². The fourth-order valence-corrected chi connectivity index (χ4v) is 3.97. The Hall–Kier alpha value is -3.98. The summed E-state index contributed by atoms with van der Waals surface area (Å²) in [4.78, 5) is 40.5. The fraction of sp³-hybridized carbons (Fsp3) is 0.269. The van der Waals surface area contributed by atoms with E-state index < -0.39 is 36.1 Å². The van der Waals surface area contributed by atoms with Gasteiger partial charge in [0.1, 0.15) is 11.9 Å². The van der Waals surface area contributed by atoms with Crippen LogP contribution in [-0.4, -0.2) is 43.5 Å². The second kappa shape index (κ2) is 11.4. The summed E-state index contributed by atoms with van der Waals surface area (Å²) in [7, 11) is 0. The van der Waals surface area contributed by atoms with E-state index >= 15 is 0 Å². The number of anilines is 1. The molecule has 1 aliphatic heterocycles. The fourth-order valence-electron chi connectivity index (χ4n) is 3.97. The number of halogens is 1. The van der Waals surface area contributed by atoms with Crippen LogP contribution in [0.2, 0.25) is 0 Å². The van der Waals surface area contributed by atoms with Crippen molar-refractivity contribution in [3.05, 3.63) is 90.1 Å². The summed E-state index contributed by atoms with van der Waals surface area (Å²) < 4.78 is 24.8. The van der Waals surface area contributed by atoms with Crippen molar-refractivity contribution in [1.82, 2.24) is 10.6 Å². The normalized spacial score (nSPS) is 15.9. The molecule has 1 fully saturated rings. The van der Waals surface area contributed by atoms with E-state index in [4.69, 9.17) is 9.15 Å². The zero-order valence-electron chi connectivity index (χ0n) is 19.0. The summed E-state index contributed by atoms with van der Waals surface area (Å²) in [6.07, 6.45) is 3.01. The average Bonchev–Trinajstić information content (AvgIpc) is 3.59. The largest absolute Gasteiger partial charge is 0.459 e. The van der Waals surface area contributed by atoms with Gasteiger partial charge in [0.15, 0.2) is 5.76 Å².